The fourth-order valence-corrected chi connectivity index (χ4v) is 2.59. The number of anilines is 1. The number of morpholine rings is 1. The highest BCUT2D eigenvalue weighted by Gasteiger charge is 2.31. The fraction of sp³-hybridized carbons (Fsp3) is 0.467. The number of hydrogen-bond acceptors (Lipinski definition) is 4. The molecule has 8 heteroatoms. The molecule has 3 rings (SSSR count). The van der Waals surface area contributed by atoms with Gasteiger partial charge in [0.25, 0.3) is 0 Å². The standard InChI is InChI=1S/C15H17F3N4O/c1-10-19-20-14(21(10)2)22-7-8-23-13(9-22)11-3-5-12(6-4-11)15(16,17)18/h3-6,13H,7-9H2,1-2H3. The van der Waals surface area contributed by atoms with Gasteiger partial charge in [0, 0.05) is 13.6 Å². The van der Waals surface area contributed by atoms with E-state index < -0.39 is 11.7 Å². The highest BCUT2D eigenvalue weighted by molar-refractivity contribution is 5.34. The van der Waals surface area contributed by atoms with E-state index in [0.717, 1.165) is 29.5 Å². The lowest BCUT2D eigenvalue weighted by molar-refractivity contribution is -0.137. The number of alkyl halides is 3. The Hall–Kier alpha value is -2.09. The summed E-state index contributed by atoms with van der Waals surface area (Å²) in [7, 11) is 1.88. The summed E-state index contributed by atoms with van der Waals surface area (Å²) in [5.41, 5.74) is 0.0689. The van der Waals surface area contributed by atoms with Crippen LogP contribution in [-0.2, 0) is 18.0 Å². The second-order valence-electron chi connectivity index (χ2n) is 5.53. The van der Waals surface area contributed by atoms with Gasteiger partial charge in [0.05, 0.1) is 18.7 Å². The Labute approximate surface area is 131 Å². The van der Waals surface area contributed by atoms with Crippen molar-refractivity contribution < 1.29 is 17.9 Å². The first-order chi connectivity index (χ1) is 10.9. The fourth-order valence-electron chi connectivity index (χ4n) is 2.59. The number of hydrogen-bond donors (Lipinski definition) is 0. The van der Waals surface area contributed by atoms with Crippen LogP contribution < -0.4 is 4.90 Å². The zero-order chi connectivity index (χ0) is 16.6. The molecule has 0 N–H and O–H groups in total. The molecule has 0 aliphatic carbocycles. The predicted molar refractivity (Wildman–Crippen MR) is 78.1 cm³/mol. The maximum Gasteiger partial charge on any atom is 0.416 e. The van der Waals surface area contributed by atoms with Crippen molar-refractivity contribution in [2.75, 3.05) is 24.6 Å². The molecule has 0 saturated carbocycles. The van der Waals surface area contributed by atoms with E-state index in [1.165, 1.54) is 12.1 Å². The molecule has 5 nitrogen and oxygen atoms in total. The van der Waals surface area contributed by atoms with Gasteiger partial charge in [0.2, 0.25) is 5.95 Å². The average molecular weight is 326 g/mol. The van der Waals surface area contributed by atoms with Gasteiger partial charge in [-0.25, -0.2) is 0 Å². The Morgan fingerprint density at radius 2 is 1.87 bits per heavy atom. The normalized spacial score (nSPS) is 19.2. The number of nitrogens with zero attached hydrogens (tertiary/aromatic N) is 4. The van der Waals surface area contributed by atoms with Gasteiger partial charge in [-0.15, -0.1) is 10.2 Å². The molecule has 124 valence electrons. The highest BCUT2D eigenvalue weighted by Crippen LogP contribution is 2.31. The topological polar surface area (TPSA) is 43.2 Å². The van der Waals surface area contributed by atoms with Crippen molar-refractivity contribution in [3.63, 3.8) is 0 Å². The number of aromatic nitrogens is 3. The molecule has 1 aliphatic heterocycles. The Morgan fingerprint density at radius 1 is 1.17 bits per heavy atom. The van der Waals surface area contributed by atoms with Crippen LogP contribution in [0.3, 0.4) is 0 Å². The van der Waals surface area contributed by atoms with E-state index in [9.17, 15) is 13.2 Å². The van der Waals surface area contributed by atoms with E-state index in [-0.39, 0.29) is 6.10 Å². The molecule has 2 heterocycles. The second kappa shape index (κ2) is 5.84. The smallest absolute Gasteiger partial charge is 0.370 e. The van der Waals surface area contributed by atoms with Crippen LogP contribution in [0.2, 0.25) is 0 Å². The van der Waals surface area contributed by atoms with Gasteiger partial charge < -0.3 is 14.2 Å². The van der Waals surface area contributed by atoms with Gasteiger partial charge in [-0.2, -0.15) is 13.2 Å². The maximum absolute atomic E-state index is 12.6. The quantitative estimate of drug-likeness (QED) is 0.851. The summed E-state index contributed by atoms with van der Waals surface area (Å²) < 4.78 is 45.5. The first kappa shape index (κ1) is 15.8. The van der Waals surface area contributed by atoms with Gasteiger partial charge in [-0.05, 0) is 24.6 Å². The number of halogens is 3. The maximum atomic E-state index is 12.6. The van der Waals surface area contributed by atoms with E-state index in [1.54, 1.807) is 0 Å². The summed E-state index contributed by atoms with van der Waals surface area (Å²) in [6.45, 7) is 3.54. The zero-order valence-corrected chi connectivity index (χ0v) is 12.8. The van der Waals surface area contributed by atoms with Crippen molar-refractivity contribution >= 4 is 5.95 Å². The van der Waals surface area contributed by atoms with Gasteiger partial charge in [-0.3, -0.25) is 0 Å². The van der Waals surface area contributed by atoms with Gasteiger partial charge in [0.1, 0.15) is 11.9 Å². The van der Waals surface area contributed by atoms with E-state index in [4.69, 9.17) is 4.74 Å². The van der Waals surface area contributed by atoms with Crippen LogP contribution in [0.4, 0.5) is 19.1 Å². The third-order valence-electron chi connectivity index (χ3n) is 4.03. The predicted octanol–water partition coefficient (Wildman–Crippen LogP) is 2.72. The lowest BCUT2D eigenvalue weighted by Crippen LogP contribution is -2.39. The molecule has 0 amide bonds. The zero-order valence-electron chi connectivity index (χ0n) is 12.8. The Bertz CT molecular complexity index is 681. The first-order valence-corrected chi connectivity index (χ1v) is 7.26. The molecule has 0 radical (unpaired) electrons. The molecule has 1 saturated heterocycles. The van der Waals surface area contributed by atoms with Gasteiger partial charge >= 0.3 is 6.18 Å². The van der Waals surface area contributed by atoms with Crippen LogP contribution in [0.1, 0.15) is 23.1 Å². The summed E-state index contributed by atoms with van der Waals surface area (Å²) in [6, 6.07) is 5.12. The first-order valence-electron chi connectivity index (χ1n) is 7.26. The van der Waals surface area contributed by atoms with Crippen LogP contribution in [0.5, 0.6) is 0 Å². The van der Waals surface area contributed by atoms with Crippen molar-refractivity contribution in [3.05, 3.63) is 41.2 Å². The molecule has 0 spiro atoms. The molecule has 2 aromatic rings. The third kappa shape index (κ3) is 3.17. The Morgan fingerprint density at radius 3 is 2.43 bits per heavy atom. The van der Waals surface area contributed by atoms with Crippen molar-refractivity contribution in [2.45, 2.75) is 19.2 Å². The van der Waals surface area contributed by atoms with Crippen LogP contribution in [0.25, 0.3) is 0 Å². The molecule has 1 aromatic heterocycles. The number of rotatable bonds is 2. The Balaban J connectivity index is 1.77. The number of aryl methyl sites for hydroxylation is 1. The van der Waals surface area contributed by atoms with Crippen molar-refractivity contribution in [1.29, 1.82) is 0 Å². The number of benzene rings is 1. The molecule has 1 fully saturated rings. The molecule has 23 heavy (non-hydrogen) atoms. The van der Waals surface area contributed by atoms with E-state index in [2.05, 4.69) is 10.2 Å². The lowest BCUT2D eigenvalue weighted by atomic mass is 10.1. The lowest BCUT2D eigenvalue weighted by Gasteiger charge is -2.33. The summed E-state index contributed by atoms with van der Waals surface area (Å²) >= 11 is 0. The Kier molecular flexibility index (Phi) is 4.01. The number of ether oxygens (including phenoxy) is 1. The van der Waals surface area contributed by atoms with Crippen LogP contribution in [-0.4, -0.2) is 34.5 Å². The molecular formula is C15H17F3N4O. The summed E-state index contributed by atoms with van der Waals surface area (Å²) in [5.74, 6) is 1.54. The average Bonchev–Trinajstić information content (AvgIpc) is 2.86. The SMILES string of the molecule is Cc1nnc(N2CCOC(c3ccc(C(F)(F)F)cc3)C2)n1C. The molecule has 1 atom stereocenters. The van der Waals surface area contributed by atoms with Crippen molar-refractivity contribution in [1.82, 2.24) is 14.8 Å². The van der Waals surface area contributed by atoms with E-state index >= 15 is 0 Å². The van der Waals surface area contributed by atoms with Crippen molar-refractivity contribution in [3.8, 4) is 0 Å². The molecule has 1 unspecified atom stereocenters. The monoisotopic (exact) mass is 326 g/mol. The largest absolute Gasteiger partial charge is 0.416 e. The van der Waals surface area contributed by atoms with Gasteiger partial charge in [0.15, 0.2) is 0 Å². The minimum absolute atomic E-state index is 0.289. The van der Waals surface area contributed by atoms with Crippen LogP contribution in [0.15, 0.2) is 24.3 Å². The molecular weight excluding hydrogens is 309 g/mol. The summed E-state index contributed by atoms with van der Waals surface area (Å²) in [6.07, 6.45) is -4.61. The minimum atomic E-state index is -4.33. The summed E-state index contributed by atoms with van der Waals surface area (Å²) in [5, 5.41) is 8.18. The third-order valence-corrected chi connectivity index (χ3v) is 4.03. The molecule has 0 bridgehead atoms. The molecule has 1 aliphatic rings. The van der Waals surface area contributed by atoms with Crippen LogP contribution in [0, 0.1) is 6.92 Å². The molecule has 1 aromatic carbocycles. The summed E-state index contributed by atoms with van der Waals surface area (Å²) in [4.78, 5) is 2.03. The van der Waals surface area contributed by atoms with Crippen molar-refractivity contribution in [2.24, 2.45) is 7.05 Å². The second-order valence-corrected chi connectivity index (χ2v) is 5.53. The van der Waals surface area contributed by atoms with E-state index in [1.807, 2.05) is 23.4 Å². The van der Waals surface area contributed by atoms with E-state index in [0.29, 0.717) is 19.7 Å². The van der Waals surface area contributed by atoms with Crippen LogP contribution >= 0.6 is 0 Å². The van der Waals surface area contributed by atoms with Gasteiger partial charge in [-0.1, -0.05) is 12.1 Å². The minimum Gasteiger partial charge on any atom is -0.370 e. The highest BCUT2D eigenvalue weighted by atomic mass is 19.4.